The number of methoxy groups -OCH3 is 1. The molecule has 0 radical (unpaired) electrons. The van der Waals surface area contributed by atoms with Crippen LogP contribution in [0.25, 0.3) is 0 Å². The predicted molar refractivity (Wildman–Crippen MR) is 102 cm³/mol. The van der Waals surface area contributed by atoms with Crippen molar-refractivity contribution < 1.29 is 23.5 Å². The van der Waals surface area contributed by atoms with Crippen LogP contribution in [0, 0.1) is 0 Å². The Bertz CT molecular complexity index is 621. The summed E-state index contributed by atoms with van der Waals surface area (Å²) in [5.74, 6) is 0.348. The lowest BCUT2D eigenvalue weighted by atomic mass is 9.84. The summed E-state index contributed by atoms with van der Waals surface area (Å²) in [5.41, 5.74) is 1.85. The van der Waals surface area contributed by atoms with Crippen LogP contribution in [0.4, 0.5) is 0 Å². The lowest BCUT2D eigenvalue weighted by molar-refractivity contribution is 0.0702. The fourth-order valence-corrected chi connectivity index (χ4v) is 4.21. The zero-order chi connectivity index (χ0) is 19.2. The van der Waals surface area contributed by atoms with Gasteiger partial charge in [0.2, 0.25) is 0 Å². The van der Waals surface area contributed by atoms with Gasteiger partial charge in [-0.2, -0.15) is 0 Å². The number of benzene rings is 1. The van der Waals surface area contributed by atoms with E-state index in [-0.39, 0.29) is 12.5 Å². The molecule has 146 valence electrons. The van der Waals surface area contributed by atoms with Crippen molar-refractivity contribution in [2.45, 2.75) is 57.1 Å². The van der Waals surface area contributed by atoms with Gasteiger partial charge in [0.25, 0.3) is 5.91 Å². The third kappa shape index (κ3) is 6.51. The third-order valence-electron chi connectivity index (χ3n) is 4.84. The van der Waals surface area contributed by atoms with Crippen molar-refractivity contribution in [3.05, 3.63) is 35.4 Å². The molecule has 1 unspecified atom stereocenters. The summed E-state index contributed by atoms with van der Waals surface area (Å²) in [6, 6.07) is 7.22. The van der Waals surface area contributed by atoms with Crippen molar-refractivity contribution in [1.82, 2.24) is 5.32 Å². The summed E-state index contributed by atoms with van der Waals surface area (Å²) in [6.07, 6.45) is 5.65. The van der Waals surface area contributed by atoms with Crippen LogP contribution in [-0.4, -0.2) is 43.3 Å². The zero-order valence-electron chi connectivity index (χ0n) is 15.8. The van der Waals surface area contributed by atoms with Crippen LogP contribution in [0.2, 0.25) is 0 Å². The van der Waals surface area contributed by atoms with Gasteiger partial charge in [-0.15, -0.1) is 0 Å². The first-order chi connectivity index (χ1) is 12.3. The minimum Gasteiger partial charge on any atom is -0.382 e. The molecule has 0 heterocycles. The summed E-state index contributed by atoms with van der Waals surface area (Å²) in [4.78, 5) is 21.9. The molecule has 1 aromatic rings. The van der Waals surface area contributed by atoms with Crippen LogP contribution in [0.5, 0.6) is 0 Å². The molecule has 0 spiro atoms. The monoisotopic (exact) mass is 383 g/mol. The summed E-state index contributed by atoms with van der Waals surface area (Å²) in [5, 5.41) is 2.83. The molecule has 7 heteroatoms. The number of hydrogen-bond acceptors (Lipinski definition) is 4. The fraction of sp³-hybridized carbons (Fsp3) is 0.632. The van der Waals surface area contributed by atoms with Crippen molar-refractivity contribution in [3.8, 4) is 0 Å². The van der Waals surface area contributed by atoms with Crippen LogP contribution >= 0.6 is 7.60 Å². The Balaban J connectivity index is 2.00. The molecule has 1 saturated carbocycles. The van der Waals surface area contributed by atoms with E-state index in [1.165, 1.54) is 44.8 Å². The molecule has 1 aliphatic carbocycles. The average molecular weight is 383 g/mol. The average Bonchev–Trinajstić information content (AvgIpc) is 2.60. The molecular weight excluding hydrogens is 353 g/mol. The standard InChI is InChI=1S/C19H30NO5P/c1-14(25-26(3,22)23)18(13-24-2)20-19(21)17-11-9-16(10-12-17)15-7-5-4-6-8-15/h9-12,14-15,18H,4-8,13H2,1-3H3,(H,20,21)(H,22,23)/t14-,18-/m0/s1. The van der Waals surface area contributed by atoms with Gasteiger partial charge in [0.15, 0.2) is 0 Å². The molecule has 0 saturated heterocycles. The topological polar surface area (TPSA) is 84.9 Å². The fourth-order valence-electron chi connectivity index (χ4n) is 3.45. The SMILES string of the molecule is COC[C@H](NC(=O)c1ccc(C2CCCCC2)cc1)[C@H](C)OP(C)(=O)O. The van der Waals surface area contributed by atoms with Crippen molar-refractivity contribution in [3.63, 3.8) is 0 Å². The Morgan fingerprint density at radius 2 is 1.88 bits per heavy atom. The highest BCUT2D eigenvalue weighted by atomic mass is 31.2. The second kappa shape index (κ2) is 9.65. The lowest BCUT2D eigenvalue weighted by Crippen LogP contribution is -2.45. The third-order valence-corrected chi connectivity index (χ3v) is 5.56. The van der Waals surface area contributed by atoms with Gasteiger partial charge in [-0.05, 0) is 43.4 Å². The molecule has 1 aromatic carbocycles. The van der Waals surface area contributed by atoms with Gasteiger partial charge < -0.3 is 19.5 Å². The summed E-state index contributed by atoms with van der Waals surface area (Å²) >= 11 is 0. The maximum atomic E-state index is 12.5. The van der Waals surface area contributed by atoms with Crippen molar-refractivity contribution >= 4 is 13.5 Å². The van der Waals surface area contributed by atoms with E-state index < -0.39 is 19.7 Å². The van der Waals surface area contributed by atoms with Crippen LogP contribution in [-0.2, 0) is 13.8 Å². The molecule has 26 heavy (non-hydrogen) atoms. The Hall–Kier alpha value is -1.20. The quantitative estimate of drug-likeness (QED) is 0.669. The van der Waals surface area contributed by atoms with E-state index >= 15 is 0 Å². The smallest absolute Gasteiger partial charge is 0.325 e. The lowest BCUT2D eigenvalue weighted by Gasteiger charge is -2.25. The maximum Gasteiger partial charge on any atom is 0.325 e. The van der Waals surface area contributed by atoms with E-state index in [1.54, 1.807) is 6.92 Å². The number of ether oxygens (including phenoxy) is 1. The highest BCUT2D eigenvalue weighted by molar-refractivity contribution is 7.51. The molecule has 0 aromatic heterocycles. The Kier molecular flexibility index (Phi) is 7.84. The van der Waals surface area contributed by atoms with Crippen LogP contribution in [0.1, 0.15) is 60.9 Å². The predicted octanol–water partition coefficient (Wildman–Crippen LogP) is 3.70. The van der Waals surface area contributed by atoms with Crippen molar-refractivity contribution in [2.75, 3.05) is 20.4 Å². The molecule has 6 nitrogen and oxygen atoms in total. The number of hydrogen-bond donors (Lipinski definition) is 2. The van der Waals surface area contributed by atoms with Crippen LogP contribution in [0.3, 0.4) is 0 Å². The number of amides is 1. The highest BCUT2D eigenvalue weighted by Crippen LogP contribution is 2.38. The van der Waals surface area contributed by atoms with Gasteiger partial charge >= 0.3 is 7.60 Å². The number of rotatable bonds is 8. The minimum absolute atomic E-state index is 0.188. The molecule has 0 bridgehead atoms. The molecule has 2 rings (SSSR count). The second-order valence-corrected chi connectivity index (χ2v) is 8.92. The van der Waals surface area contributed by atoms with E-state index in [0.29, 0.717) is 11.5 Å². The Labute approximate surface area is 155 Å². The highest BCUT2D eigenvalue weighted by Gasteiger charge is 2.26. The van der Waals surface area contributed by atoms with Gasteiger partial charge in [0.1, 0.15) is 0 Å². The van der Waals surface area contributed by atoms with Gasteiger partial charge in [-0.3, -0.25) is 9.36 Å². The van der Waals surface area contributed by atoms with E-state index in [2.05, 4.69) is 5.32 Å². The molecule has 1 amide bonds. The first kappa shape index (κ1) is 21.1. The molecule has 0 aliphatic heterocycles. The summed E-state index contributed by atoms with van der Waals surface area (Å²) in [7, 11) is -2.13. The largest absolute Gasteiger partial charge is 0.382 e. The number of nitrogens with one attached hydrogen (secondary N) is 1. The van der Waals surface area contributed by atoms with E-state index in [1.807, 2.05) is 24.3 Å². The number of carbonyl (C=O) groups excluding carboxylic acids is 1. The van der Waals surface area contributed by atoms with E-state index in [9.17, 15) is 14.3 Å². The molecule has 2 N–H and O–H groups in total. The number of carbonyl (C=O) groups is 1. The molecule has 1 fully saturated rings. The van der Waals surface area contributed by atoms with Crippen LogP contribution in [0.15, 0.2) is 24.3 Å². The molecular formula is C19H30NO5P. The molecule has 3 atom stereocenters. The normalized spacial score (nSPS) is 20.2. The molecule has 1 aliphatic rings. The van der Waals surface area contributed by atoms with Crippen molar-refractivity contribution in [1.29, 1.82) is 0 Å². The maximum absolute atomic E-state index is 12.5. The van der Waals surface area contributed by atoms with Gasteiger partial charge in [0, 0.05) is 19.3 Å². The van der Waals surface area contributed by atoms with E-state index in [4.69, 9.17) is 9.26 Å². The summed E-state index contributed by atoms with van der Waals surface area (Å²) in [6.45, 7) is 2.95. The van der Waals surface area contributed by atoms with Gasteiger partial charge in [0.05, 0.1) is 18.8 Å². The second-order valence-electron chi connectivity index (χ2n) is 7.11. The van der Waals surface area contributed by atoms with Crippen LogP contribution < -0.4 is 5.32 Å². The minimum atomic E-state index is -3.64. The van der Waals surface area contributed by atoms with Gasteiger partial charge in [-0.25, -0.2) is 0 Å². The first-order valence-electron chi connectivity index (χ1n) is 9.18. The zero-order valence-corrected chi connectivity index (χ0v) is 16.7. The Morgan fingerprint density at radius 3 is 2.42 bits per heavy atom. The van der Waals surface area contributed by atoms with Gasteiger partial charge in [-0.1, -0.05) is 31.4 Å². The Morgan fingerprint density at radius 1 is 1.27 bits per heavy atom. The van der Waals surface area contributed by atoms with Crippen molar-refractivity contribution in [2.24, 2.45) is 0 Å². The summed E-state index contributed by atoms with van der Waals surface area (Å²) < 4.78 is 21.7. The first-order valence-corrected chi connectivity index (χ1v) is 11.2. The van der Waals surface area contributed by atoms with E-state index in [0.717, 1.165) is 6.66 Å².